The van der Waals surface area contributed by atoms with Crippen molar-refractivity contribution in [3.8, 4) is 0 Å². The first-order valence-corrected chi connectivity index (χ1v) is 7.53. The van der Waals surface area contributed by atoms with Gasteiger partial charge in [-0.15, -0.1) is 0 Å². The van der Waals surface area contributed by atoms with Crippen molar-refractivity contribution in [2.75, 3.05) is 13.1 Å². The third-order valence-electron chi connectivity index (χ3n) is 3.08. The molecule has 0 bridgehead atoms. The molecule has 12 nitrogen and oxygen atoms in total. The van der Waals surface area contributed by atoms with E-state index in [0.717, 1.165) is 0 Å². The maximum atomic E-state index is 12.2. The van der Waals surface area contributed by atoms with E-state index in [2.05, 4.69) is 15.6 Å². The van der Waals surface area contributed by atoms with Crippen molar-refractivity contribution in [2.45, 2.75) is 37.8 Å². The smallest absolute Gasteiger partial charge is 0.326 e. The second-order valence-corrected chi connectivity index (χ2v) is 5.18. The number of carbonyl (C=O) groups is 4. The Labute approximate surface area is 144 Å². The Hall–Kier alpha value is -2.89. The number of carboxylic acid groups (broad SMARTS) is 1. The van der Waals surface area contributed by atoms with E-state index >= 15 is 0 Å². The molecule has 0 aliphatic rings. The molecule has 25 heavy (non-hydrogen) atoms. The molecule has 11 N–H and O–H groups in total. The average molecular weight is 359 g/mol. The van der Waals surface area contributed by atoms with Crippen LogP contribution in [0.25, 0.3) is 0 Å². The summed E-state index contributed by atoms with van der Waals surface area (Å²) in [6.07, 6.45) is 0.153. The highest BCUT2D eigenvalue weighted by molar-refractivity contribution is 5.91. The molecule has 0 radical (unpaired) electrons. The lowest BCUT2D eigenvalue weighted by Crippen LogP contribution is -2.52. The maximum absolute atomic E-state index is 12.2. The fraction of sp³-hybridized carbons (Fsp3) is 0.615. The van der Waals surface area contributed by atoms with Crippen LogP contribution in [-0.2, 0) is 19.2 Å². The van der Waals surface area contributed by atoms with Gasteiger partial charge in [-0.3, -0.25) is 19.4 Å². The van der Waals surface area contributed by atoms with Crippen molar-refractivity contribution in [3.05, 3.63) is 0 Å². The van der Waals surface area contributed by atoms with Crippen molar-refractivity contribution < 1.29 is 24.3 Å². The van der Waals surface area contributed by atoms with Crippen LogP contribution in [0.3, 0.4) is 0 Å². The number of carboxylic acids is 1. The molecule has 0 aliphatic carbocycles. The molecule has 0 saturated heterocycles. The minimum atomic E-state index is -1.25. The van der Waals surface area contributed by atoms with Gasteiger partial charge in [-0.05, 0) is 19.3 Å². The van der Waals surface area contributed by atoms with Crippen LogP contribution < -0.4 is 33.6 Å². The number of aliphatic carboxylic acids is 1. The normalized spacial score (nSPS) is 12.5. The molecule has 0 spiro atoms. The van der Waals surface area contributed by atoms with E-state index in [-0.39, 0.29) is 38.3 Å². The largest absolute Gasteiger partial charge is 0.480 e. The SMILES string of the molecule is NCC(=O)N[C@@H](CCC(N)=O)C(=O)N[C@@H](CCCN=C(N)N)C(=O)O. The van der Waals surface area contributed by atoms with Gasteiger partial charge in [0.05, 0.1) is 6.54 Å². The molecule has 0 heterocycles. The van der Waals surface area contributed by atoms with Crippen LogP contribution in [0.15, 0.2) is 4.99 Å². The molecule has 0 rings (SSSR count). The molecule has 0 aromatic carbocycles. The van der Waals surface area contributed by atoms with Gasteiger partial charge in [-0.2, -0.15) is 0 Å². The first-order valence-electron chi connectivity index (χ1n) is 7.53. The van der Waals surface area contributed by atoms with E-state index in [9.17, 15) is 24.3 Å². The number of carbonyl (C=O) groups excluding carboxylic acids is 3. The third kappa shape index (κ3) is 10.5. The first kappa shape index (κ1) is 22.1. The Bertz CT molecular complexity index is 519. The van der Waals surface area contributed by atoms with Crippen molar-refractivity contribution in [1.82, 2.24) is 10.6 Å². The van der Waals surface area contributed by atoms with E-state index in [0.29, 0.717) is 6.42 Å². The standard InChI is InChI=1S/C13H25N7O5/c14-6-10(22)19-7(3-4-9(15)21)11(23)20-8(12(24)25)2-1-5-18-13(16)17/h7-8H,1-6,14H2,(H2,15,21)(H,19,22)(H,20,23)(H,24,25)(H4,16,17,18)/t7-,8-/m0/s1. The summed E-state index contributed by atoms with van der Waals surface area (Å²) in [5, 5.41) is 13.8. The lowest BCUT2D eigenvalue weighted by Gasteiger charge is -2.21. The number of hydrogen-bond acceptors (Lipinski definition) is 6. The summed E-state index contributed by atoms with van der Waals surface area (Å²) in [6, 6.07) is -2.32. The Balaban J connectivity index is 4.80. The zero-order valence-corrected chi connectivity index (χ0v) is 13.7. The lowest BCUT2D eigenvalue weighted by molar-refractivity contribution is -0.142. The highest BCUT2D eigenvalue weighted by Crippen LogP contribution is 2.03. The Morgan fingerprint density at radius 3 is 2.12 bits per heavy atom. The van der Waals surface area contributed by atoms with Crippen molar-refractivity contribution >= 4 is 29.7 Å². The molecular weight excluding hydrogens is 334 g/mol. The monoisotopic (exact) mass is 359 g/mol. The second kappa shape index (κ2) is 11.6. The molecule has 0 aromatic heterocycles. The van der Waals surface area contributed by atoms with Crippen LogP contribution in [0.2, 0.25) is 0 Å². The highest BCUT2D eigenvalue weighted by Gasteiger charge is 2.26. The van der Waals surface area contributed by atoms with Gasteiger partial charge in [0, 0.05) is 13.0 Å². The van der Waals surface area contributed by atoms with Crippen molar-refractivity contribution in [3.63, 3.8) is 0 Å². The van der Waals surface area contributed by atoms with Crippen LogP contribution in [-0.4, -0.2) is 59.9 Å². The molecule has 0 saturated carbocycles. The number of guanidine groups is 1. The quantitative estimate of drug-likeness (QED) is 0.104. The average Bonchev–Trinajstić information content (AvgIpc) is 2.52. The van der Waals surface area contributed by atoms with Gasteiger partial charge < -0.3 is 38.7 Å². The van der Waals surface area contributed by atoms with Gasteiger partial charge in [0.15, 0.2) is 5.96 Å². The molecule has 0 fully saturated rings. The molecule has 142 valence electrons. The van der Waals surface area contributed by atoms with Crippen LogP contribution in [0, 0.1) is 0 Å². The summed E-state index contributed by atoms with van der Waals surface area (Å²) in [6.45, 7) is -0.155. The predicted octanol–water partition coefficient (Wildman–Crippen LogP) is -3.68. The number of nitrogens with one attached hydrogen (secondary N) is 2. The van der Waals surface area contributed by atoms with Crippen LogP contribution >= 0.6 is 0 Å². The number of aliphatic imine (C=N–C) groups is 1. The molecular formula is C13H25N7O5. The number of primary amides is 1. The van der Waals surface area contributed by atoms with E-state index < -0.39 is 35.8 Å². The lowest BCUT2D eigenvalue weighted by atomic mass is 10.1. The fourth-order valence-electron chi connectivity index (χ4n) is 1.84. The Kier molecular flexibility index (Phi) is 10.3. The molecule has 3 amide bonds. The number of hydrogen-bond donors (Lipinski definition) is 7. The number of rotatable bonds is 12. The summed E-state index contributed by atoms with van der Waals surface area (Å²) < 4.78 is 0. The van der Waals surface area contributed by atoms with Gasteiger partial charge in [0.1, 0.15) is 12.1 Å². The first-order chi connectivity index (χ1) is 11.7. The second-order valence-electron chi connectivity index (χ2n) is 5.18. The van der Waals surface area contributed by atoms with Crippen LogP contribution in [0.1, 0.15) is 25.7 Å². The van der Waals surface area contributed by atoms with Gasteiger partial charge in [-0.1, -0.05) is 0 Å². The number of nitrogens with two attached hydrogens (primary N) is 4. The number of amides is 3. The topological polar surface area (TPSA) is 229 Å². The zero-order chi connectivity index (χ0) is 19.4. The summed E-state index contributed by atoms with van der Waals surface area (Å²) in [7, 11) is 0. The summed E-state index contributed by atoms with van der Waals surface area (Å²) in [5.74, 6) is -3.41. The summed E-state index contributed by atoms with van der Waals surface area (Å²) >= 11 is 0. The summed E-state index contributed by atoms with van der Waals surface area (Å²) in [5.41, 5.74) is 20.5. The number of nitrogens with zero attached hydrogens (tertiary/aromatic N) is 1. The molecule has 0 aromatic rings. The van der Waals surface area contributed by atoms with Crippen molar-refractivity contribution in [1.29, 1.82) is 0 Å². The van der Waals surface area contributed by atoms with Gasteiger partial charge in [0.25, 0.3) is 0 Å². The fourth-order valence-corrected chi connectivity index (χ4v) is 1.84. The van der Waals surface area contributed by atoms with Gasteiger partial charge in [-0.25, -0.2) is 4.79 Å². The predicted molar refractivity (Wildman–Crippen MR) is 88.9 cm³/mol. The third-order valence-corrected chi connectivity index (χ3v) is 3.08. The molecule has 0 unspecified atom stereocenters. The molecule has 2 atom stereocenters. The van der Waals surface area contributed by atoms with Gasteiger partial charge in [0.2, 0.25) is 17.7 Å². The van der Waals surface area contributed by atoms with Crippen LogP contribution in [0.5, 0.6) is 0 Å². The van der Waals surface area contributed by atoms with Crippen LogP contribution in [0.4, 0.5) is 0 Å². The summed E-state index contributed by atoms with van der Waals surface area (Å²) in [4.78, 5) is 49.4. The molecule has 12 heteroatoms. The Morgan fingerprint density at radius 2 is 1.64 bits per heavy atom. The molecule has 0 aliphatic heterocycles. The minimum absolute atomic E-state index is 0.0746. The van der Waals surface area contributed by atoms with Gasteiger partial charge >= 0.3 is 5.97 Å². The Morgan fingerprint density at radius 1 is 1.00 bits per heavy atom. The van der Waals surface area contributed by atoms with E-state index in [1.807, 2.05) is 0 Å². The minimum Gasteiger partial charge on any atom is -0.480 e. The zero-order valence-electron chi connectivity index (χ0n) is 13.7. The van der Waals surface area contributed by atoms with E-state index in [1.165, 1.54) is 0 Å². The highest BCUT2D eigenvalue weighted by atomic mass is 16.4. The maximum Gasteiger partial charge on any atom is 0.326 e. The van der Waals surface area contributed by atoms with E-state index in [4.69, 9.17) is 22.9 Å². The van der Waals surface area contributed by atoms with E-state index in [1.54, 1.807) is 0 Å². The van der Waals surface area contributed by atoms with Crippen molar-refractivity contribution in [2.24, 2.45) is 27.9 Å².